The monoisotopic (exact) mass is 1800 g/mol. The van der Waals surface area contributed by atoms with Crippen LogP contribution in [0.5, 0.6) is 57.5 Å². The van der Waals surface area contributed by atoms with Crippen LogP contribution in [0.4, 0.5) is 17.2 Å². The third-order valence-corrected chi connectivity index (χ3v) is 24.4. The lowest BCUT2D eigenvalue weighted by molar-refractivity contribution is -0.157. The van der Waals surface area contributed by atoms with E-state index >= 15 is 0 Å². The zero-order valence-electron chi connectivity index (χ0n) is 72.8. The molecule has 0 spiro atoms. The molecule has 14 rings (SSSR count). The number of hydrogen-bond donors (Lipinski definition) is 5. The maximum absolute atomic E-state index is 12.3. The maximum atomic E-state index is 12.3. The quantitative estimate of drug-likeness (QED) is 0.0110. The van der Waals surface area contributed by atoms with Crippen molar-refractivity contribution in [2.45, 2.75) is 160 Å². The van der Waals surface area contributed by atoms with Crippen molar-refractivity contribution in [3.8, 4) is 57.5 Å². The Morgan fingerprint density at radius 1 is 0.456 bits per heavy atom. The second kappa shape index (κ2) is 45.4. The number of nitrogens with one attached hydrogen (secondary N) is 5. The highest BCUT2D eigenvalue weighted by atomic mass is 35.5. The van der Waals surface area contributed by atoms with Gasteiger partial charge in [-0.1, -0.05) is 65.1 Å². The molecule has 2 fully saturated rings. The Labute approximate surface area is 747 Å². The third-order valence-electron chi connectivity index (χ3n) is 22.8. The number of aromatic nitrogens is 6. The van der Waals surface area contributed by atoms with Gasteiger partial charge in [-0.25, -0.2) is 14.4 Å². The summed E-state index contributed by atoms with van der Waals surface area (Å²) >= 11 is 26.4. The van der Waals surface area contributed by atoms with Crippen molar-refractivity contribution >= 4 is 105 Å². The molecule has 3 heterocycles. The summed E-state index contributed by atoms with van der Waals surface area (Å²) in [6.45, 7) is 11.5. The number of carbonyl (C=O) groups excluding carboxylic acids is 7. The molecule has 0 radical (unpaired) electrons. The predicted octanol–water partition coefficient (Wildman–Crippen LogP) is 18.5. The first-order valence-corrected chi connectivity index (χ1v) is 42.7. The fourth-order valence-corrected chi connectivity index (χ4v) is 17.9. The Kier molecular flexibility index (Phi) is 34.8. The number of anilines is 3. The van der Waals surface area contributed by atoms with Gasteiger partial charge in [0.2, 0.25) is 11.7 Å². The van der Waals surface area contributed by atoms with E-state index in [1.807, 2.05) is 73.7 Å². The normalized spacial score (nSPS) is 17.2. The zero-order valence-corrected chi connectivity index (χ0v) is 75.8. The van der Waals surface area contributed by atoms with Gasteiger partial charge in [-0.15, -0.1) is 0 Å². The number of carbonyl (C=O) groups is 7. The molecule has 2 saturated carbocycles. The van der Waals surface area contributed by atoms with Crippen LogP contribution >= 0.6 is 46.4 Å². The van der Waals surface area contributed by atoms with Gasteiger partial charge in [0, 0.05) is 94.5 Å². The Balaban J connectivity index is 0.000000166. The molecule has 5 aliphatic carbocycles. The molecule has 9 aromatic rings. The van der Waals surface area contributed by atoms with E-state index in [4.69, 9.17) is 108 Å². The maximum Gasteiger partial charge on any atom is 0.375 e. The largest absolute Gasteiger partial charge is 0.497 e. The minimum atomic E-state index is -0.919. The summed E-state index contributed by atoms with van der Waals surface area (Å²) in [5, 5.41) is 30.2. The van der Waals surface area contributed by atoms with E-state index in [2.05, 4.69) is 47.8 Å². The second-order valence-corrected chi connectivity index (χ2v) is 31.7. The number of methoxy groups -OCH3 is 10. The molecule has 0 aliphatic heterocycles. The van der Waals surface area contributed by atoms with Crippen molar-refractivity contribution in [3.63, 3.8) is 0 Å². The second-order valence-electron chi connectivity index (χ2n) is 30.2. The molecule has 0 bridgehead atoms. The summed E-state index contributed by atoms with van der Waals surface area (Å²) in [6, 6.07) is 26.4. The van der Waals surface area contributed by atoms with E-state index < -0.39 is 23.6 Å². The average molecular weight is 1800 g/mol. The van der Waals surface area contributed by atoms with Gasteiger partial charge in [-0.05, 0) is 212 Å². The number of aromatic amines is 3. The first-order chi connectivity index (χ1) is 60.3. The molecule has 5 N–H and O–H groups in total. The van der Waals surface area contributed by atoms with E-state index in [-0.39, 0.29) is 48.4 Å². The van der Waals surface area contributed by atoms with Crippen LogP contribution in [-0.4, -0.2) is 163 Å². The minimum absolute atomic E-state index is 0.0206. The van der Waals surface area contributed by atoms with Crippen LogP contribution < -0.4 is 58.0 Å². The van der Waals surface area contributed by atoms with Gasteiger partial charge in [0.15, 0.2) is 17.2 Å². The molecule has 125 heavy (non-hydrogen) atoms. The summed E-state index contributed by atoms with van der Waals surface area (Å²) in [7, 11) is 16.0. The Hall–Kier alpha value is -11.5. The molecular formula is C93H108Cl4N8O20. The molecule has 6 atom stereocenters. The molecule has 32 heteroatoms. The standard InChI is InChI=1S/C25H26Cl2N4O3.C18H20Cl2N2O4.C18H22N2O4.C18H22O6.C14H18O3/c1-5-20(32)28-16-8-6-7-13(2)24(16)29-25-15-10-9-14(11-17(15)30-31-25)21-22(26)18(33-3)12-19(34-4)23(21)27;1-4-26-18(23)17-10-6-5-9(7-11(10)21-22-17)14-15(19)12(24-2)8-13(25-3)16(14)20;1-4-24-18(21)17-15-6-5-11(9-16(15)19-20-17)12-7-13(22-2)10-14(8-12)23-3;1-4-24-18(21)17(20)15-6-5-11(9-16(15)19)12-7-13(22-2)10-14(8-12)23-3;1-16-13-7-11(8-14(9-13)17-2)10-4-3-5-12(15)6-10/h5-8,12,14H,1,9-11H2,2-4H3,(H,28,32)(H2,29,30,31);8-9H,4-7H2,1-3H3,(H,21,22);7-8,10-11H,4-6,9H2,1-3H3,(H,19,20);7-8,10-11,15H,4-6,9H2,1-3H3;7-10H,3-6H2,1-2H3. The molecule has 5 aliphatic rings. The van der Waals surface area contributed by atoms with Crippen molar-refractivity contribution in [1.29, 1.82) is 0 Å². The van der Waals surface area contributed by atoms with E-state index in [0.717, 1.165) is 154 Å². The Bertz CT molecular complexity index is 5230. The first kappa shape index (κ1) is 95.8. The first-order valence-electron chi connectivity index (χ1n) is 41.2. The Morgan fingerprint density at radius 3 is 1.25 bits per heavy atom. The molecule has 6 aromatic carbocycles. The van der Waals surface area contributed by atoms with Crippen LogP contribution in [0.2, 0.25) is 20.1 Å². The number of ether oxygens (including phenoxy) is 13. The Morgan fingerprint density at radius 2 is 0.848 bits per heavy atom. The van der Waals surface area contributed by atoms with E-state index in [1.54, 1.807) is 110 Å². The van der Waals surface area contributed by atoms with E-state index in [9.17, 15) is 33.6 Å². The molecule has 28 nitrogen and oxygen atoms in total. The number of benzene rings is 6. The van der Waals surface area contributed by atoms with Gasteiger partial charge in [0.25, 0.3) is 0 Å². The number of para-hydroxylation sites is 1. The highest BCUT2D eigenvalue weighted by Crippen LogP contribution is 2.51. The summed E-state index contributed by atoms with van der Waals surface area (Å²) in [5.41, 5.74) is 14.0. The third kappa shape index (κ3) is 23.4. The number of hydrogen-bond acceptors (Lipinski definition) is 24. The van der Waals surface area contributed by atoms with Crippen molar-refractivity contribution < 1.29 is 95.1 Å². The van der Waals surface area contributed by atoms with Crippen molar-refractivity contribution in [2.75, 3.05) is 102 Å². The van der Waals surface area contributed by atoms with Crippen molar-refractivity contribution in [2.24, 2.45) is 5.92 Å². The van der Waals surface area contributed by atoms with Gasteiger partial charge in [0.1, 0.15) is 69.1 Å². The lowest BCUT2D eigenvalue weighted by Crippen LogP contribution is -2.35. The highest BCUT2D eigenvalue weighted by molar-refractivity contribution is 6.39. The number of amides is 1. The number of fused-ring (bicyclic) bond motifs is 3. The van der Waals surface area contributed by atoms with Crippen LogP contribution in [-0.2, 0) is 76.7 Å². The number of nitrogens with zero attached hydrogens (tertiary/aromatic N) is 3. The summed E-state index contributed by atoms with van der Waals surface area (Å²) in [6.07, 6.45) is 12.8. The summed E-state index contributed by atoms with van der Waals surface area (Å²) in [5.74, 6) is 4.64. The highest BCUT2D eigenvalue weighted by Gasteiger charge is 2.39. The zero-order chi connectivity index (χ0) is 90.3. The minimum Gasteiger partial charge on any atom is -0.497 e. The van der Waals surface area contributed by atoms with Crippen LogP contribution in [0.15, 0.2) is 97.6 Å². The molecule has 0 saturated heterocycles. The number of aryl methyl sites for hydroxylation is 1. The van der Waals surface area contributed by atoms with Crippen molar-refractivity contribution in [3.05, 3.63) is 196 Å². The number of ketones is 3. The smallest absolute Gasteiger partial charge is 0.375 e. The summed E-state index contributed by atoms with van der Waals surface area (Å²) in [4.78, 5) is 83.3. The van der Waals surface area contributed by atoms with Gasteiger partial charge in [-0.3, -0.25) is 34.5 Å². The number of Topliss-reactive ketones (excluding diaryl/α,β-unsaturated/α-hetero) is 3. The van der Waals surface area contributed by atoms with E-state index in [0.29, 0.717) is 141 Å². The van der Waals surface area contributed by atoms with Crippen LogP contribution in [0, 0.1) is 12.8 Å². The average Bonchev–Trinajstić information content (AvgIpc) is 1.75. The molecular weight excluding hydrogens is 1690 g/mol. The molecule has 1 amide bonds. The van der Waals surface area contributed by atoms with Crippen LogP contribution in [0.1, 0.15) is 203 Å². The SMILES string of the molecule is C=CC(=O)Nc1cccc(C)c1Nc1n[nH]c2c1CCC(c1c(Cl)c(OC)cc(OC)c1Cl)C2.CCOC(=O)C(=O)C1CCC(c2cc(OC)cc(OC)c2)CC1=O.CCOC(=O)c1n[nH]c2c1CCC(c1c(Cl)c(OC)cc(OC)c1Cl)C2.CCOC(=O)c1n[nH]c2c1CCC(c1cc(OC)cc(OC)c1)C2.COc1cc(OC)cc(C2CCCC(=O)C2)c1. The van der Waals surface area contributed by atoms with Crippen LogP contribution in [0.25, 0.3) is 0 Å². The van der Waals surface area contributed by atoms with Crippen LogP contribution in [0.3, 0.4) is 0 Å². The lowest BCUT2D eigenvalue weighted by Gasteiger charge is -2.26. The number of halogens is 4. The van der Waals surface area contributed by atoms with Gasteiger partial charge < -0.3 is 72.2 Å². The topological polar surface area (TPSA) is 350 Å². The van der Waals surface area contributed by atoms with Crippen molar-refractivity contribution in [1.82, 2.24) is 30.6 Å². The lowest BCUT2D eigenvalue weighted by atomic mass is 9.76. The predicted molar refractivity (Wildman–Crippen MR) is 476 cm³/mol. The molecule has 6 unspecified atom stereocenters. The number of H-pyrrole nitrogens is 3. The molecule has 3 aromatic heterocycles. The van der Waals surface area contributed by atoms with E-state index in [1.165, 1.54) is 11.6 Å². The van der Waals surface area contributed by atoms with Gasteiger partial charge in [-0.2, -0.15) is 15.3 Å². The number of esters is 3. The fraction of sp³-hybridized carbons (Fsp3) is 0.419. The number of rotatable bonds is 26. The fourth-order valence-electron chi connectivity index (χ4n) is 16.3. The van der Waals surface area contributed by atoms with Gasteiger partial charge in [0.05, 0.1) is 128 Å². The van der Waals surface area contributed by atoms with Gasteiger partial charge >= 0.3 is 17.9 Å². The summed E-state index contributed by atoms with van der Waals surface area (Å²) < 4.78 is 68.1. The molecule has 668 valence electrons.